The van der Waals surface area contributed by atoms with Gasteiger partial charge in [-0.25, -0.2) is 0 Å². The van der Waals surface area contributed by atoms with Gasteiger partial charge in [-0.3, -0.25) is 4.79 Å². The smallest absolute Gasteiger partial charge is 0.248 e. The molecule has 2 aromatic carbocycles. The maximum atomic E-state index is 12.0. The lowest BCUT2D eigenvalue weighted by Crippen LogP contribution is -2.08. The molecule has 2 aromatic rings. The van der Waals surface area contributed by atoms with Gasteiger partial charge in [0.15, 0.2) is 0 Å². The van der Waals surface area contributed by atoms with Crippen molar-refractivity contribution in [1.29, 1.82) is 0 Å². The van der Waals surface area contributed by atoms with Gasteiger partial charge in [-0.05, 0) is 56.2 Å². The molecule has 0 aliphatic carbocycles. The summed E-state index contributed by atoms with van der Waals surface area (Å²) in [5.41, 5.74) is 4.05. The summed E-state index contributed by atoms with van der Waals surface area (Å²) in [6.45, 7) is 6.61. The Morgan fingerprint density at radius 1 is 1.14 bits per heavy atom. The minimum absolute atomic E-state index is 0.158. The van der Waals surface area contributed by atoms with E-state index in [0.29, 0.717) is 6.61 Å². The van der Waals surface area contributed by atoms with Crippen LogP contribution in [0.15, 0.2) is 48.5 Å². The van der Waals surface area contributed by atoms with Crippen LogP contribution in [0.3, 0.4) is 0 Å². The molecular formula is C19H21NO2. The Morgan fingerprint density at radius 3 is 2.64 bits per heavy atom. The Kier molecular flexibility index (Phi) is 5.37. The fourth-order valence-corrected chi connectivity index (χ4v) is 2.07. The van der Waals surface area contributed by atoms with Crippen molar-refractivity contribution in [2.45, 2.75) is 20.8 Å². The second kappa shape index (κ2) is 7.46. The fourth-order valence-electron chi connectivity index (χ4n) is 2.07. The molecule has 0 unspecified atom stereocenters. The quantitative estimate of drug-likeness (QED) is 0.833. The maximum absolute atomic E-state index is 12.0. The molecule has 114 valence electrons. The summed E-state index contributed by atoms with van der Waals surface area (Å²) < 4.78 is 5.53. The largest absolute Gasteiger partial charge is 0.493 e. The van der Waals surface area contributed by atoms with Crippen LogP contribution in [0.5, 0.6) is 5.75 Å². The molecule has 0 aromatic heterocycles. The first-order valence-electron chi connectivity index (χ1n) is 7.38. The van der Waals surface area contributed by atoms with Crippen LogP contribution >= 0.6 is 0 Å². The molecule has 0 spiro atoms. The van der Waals surface area contributed by atoms with E-state index in [4.69, 9.17) is 4.74 Å². The molecular weight excluding hydrogens is 274 g/mol. The normalized spacial score (nSPS) is 10.7. The number of carbonyl (C=O) groups excluding carboxylic acids is 1. The monoisotopic (exact) mass is 295 g/mol. The lowest BCUT2D eigenvalue weighted by molar-refractivity contribution is -0.111. The zero-order valence-corrected chi connectivity index (χ0v) is 13.2. The van der Waals surface area contributed by atoms with Gasteiger partial charge in [-0.1, -0.05) is 24.3 Å². The Labute approximate surface area is 131 Å². The van der Waals surface area contributed by atoms with Crippen LogP contribution in [0, 0.1) is 13.8 Å². The van der Waals surface area contributed by atoms with E-state index >= 15 is 0 Å². The summed E-state index contributed by atoms with van der Waals surface area (Å²) in [5.74, 6) is 0.620. The number of rotatable bonds is 5. The topological polar surface area (TPSA) is 38.3 Å². The van der Waals surface area contributed by atoms with Gasteiger partial charge in [0.05, 0.1) is 6.61 Å². The molecule has 0 atom stereocenters. The highest BCUT2D eigenvalue weighted by atomic mass is 16.5. The second-order valence-electron chi connectivity index (χ2n) is 5.09. The van der Waals surface area contributed by atoms with Crippen LogP contribution < -0.4 is 10.1 Å². The molecule has 0 radical (unpaired) electrons. The molecule has 0 fully saturated rings. The van der Waals surface area contributed by atoms with Crippen molar-refractivity contribution < 1.29 is 9.53 Å². The van der Waals surface area contributed by atoms with Crippen molar-refractivity contribution in [2.75, 3.05) is 11.9 Å². The third kappa shape index (κ3) is 4.22. The fraction of sp³-hybridized carbons (Fsp3) is 0.211. The Balaban J connectivity index is 2.06. The van der Waals surface area contributed by atoms with Crippen LogP contribution in [0.1, 0.15) is 23.6 Å². The van der Waals surface area contributed by atoms with Crippen LogP contribution in [-0.2, 0) is 4.79 Å². The average Bonchev–Trinajstić information content (AvgIpc) is 2.50. The number of carbonyl (C=O) groups is 1. The molecule has 1 amide bonds. The van der Waals surface area contributed by atoms with E-state index in [9.17, 15) is 4.79 Å². The van der Waals surface area contributed by atoms with Gasteiger partial charge in [0.1, 0.15) is 5.75 Å². The van der Waals surface area contributed by atoms with Gasteiger partial charge in [0.2, 0.25) is 5.91 Å². The molecule has 22 heavy (non-hydrogen) atoms. The van der Waals surface area contributed by atoms with E-state index in [0.717, 1.165) is 22.6 Å². The van der Waals surface area contributed by atoms with Crippen molar-refractivity contribution in [3.63, 3.8) is 0 Å². The number of aryl methyl sites for hydroxylation is 2. The highest BCUT2D eigenvalue weighted by Gasteiger charge is 2.02. The number of benzene rings is 2. The van der Waals surface area contributed by atoms with E-state index in [1.807, 2.05) is 63.2 Å². The van der Waals surface area contributed by atoms with E-state index < -0.39 is 0 Å². The summed E-state index contributed by atoms with van der Waals surface area (Å²) in [6, 6.07) is 13.5. The lowest BCUT2D eigenvalue weighted by atomic mass is 10.1. The molecule has 0 saturated heterocycles. The lowest BCUT2D eigenvalue weighted by Gasteiger charge is -2.07. The number of ether oxygens (including phenoxy) is 1. The number of nitrogens with one attached hydrogen (secondary N) is 1. The number of hydrogen-bond acceptors (Lipinski definition) is 2. The molecule has 0 heterocycles. The van der Waals surface area contributed by atoms with Crippen molar-refractivity contribution in [1.82, 2.24) is 0 Å². The van der Waals surface area contributed by atoms with Gasteiger partial charge in [-0.2, -0.15) is 0 Å². The predicted molar refractivity (Wildman–Crippen MR) is 91.2 cm³/mol. The number of amides is 1. The average molecular weight is 295 g/mol. The molecule has 0 aliphatic rings. The maximum Gasteiger partial charge on any atom is 0.248 e. The third-order valence-electron chi connectivity index (χ3n) is 3.41. The van der Waals surface area contributed by atoms with Crippen molar-refractivity contribution in [3.8, 4) is 5.75 Å². The minimum Gasteiger partial charge on any atom is -0.493 e. The van der Waals surface area contributed by atoms with Gasteiger partial charge in [0, 0.05) is 17.3 Å². The SMILES string of the molecule is CCOc1ccccc1/C=C/C(=O)Nc1ccc(C)c(C)c1. The van der Waals surface area contributed by atoms with Crippen LogP contribution in [0.25, 0.3) is 6.08 Å². The molecule has 3 heteroatoms. The van der Waals surface area contributed by atoms with E-state index in [1.165, 1.54) is 11.6 Å². The summed E-state index contributed by atoms with van der Waals surface area (Å²) in [4.78, 5) is 12.0. The minimum atomic E-state index is -0.158. The first-order valence-corrected chi connectivity index (χ1v) is 7.38. The molecule has 1 N–H and O–H groups in total. The molecule has 0 bridgehead atoms. The van der Waals surface area contributed by atoms with Crippen LogP contribution in [0.4, 0.5) is 5.69 Å². The summed E-state index contributed by atoms with van der Waals surface area (Å²) in [5, 5.41) is 2.87. The number of para-hydroxylation sites is 1. The zero-order chi connectivity index (χ0) is 15.9. The summed E-state index contributed by atoms with van der Waals surface area (Å²) >= 11 is 0. The summed E-state index contributed by atoms with van der Waals surface area (Å²) in [7, 11) is 0. The van der Waals surface area contributed by atoms with Crippen LogP contribution in [-0.4, -0.2) is 12.5 Å². The van der Waals surface area contributed by atoms with Crippen molar-refractivity contribution >= 4 is 17.7 Å². The number of anilines is 1. The second-order valence-corrected chi connectivity index (χ2v) is 5.09. The number of hydrogen-bond donors (Lipinski definition) is 1. The molecule has 0 aliphatic heterocycles. The van der Waals surface area contributed by atoms with Crippen LogP contribution in [0.2, 0.25) is 0 Å². The highest BCUT2D eigenvalue weighted by Crippen LogP contribution is 2.19. The first kappa shape index (κ1) is 15.8. The molecule has 2 rings (SSSR count). The van der Waals surface area contributed by atoms with Gasteiger partial charge in [0.25, 0.3) is 0 Å². The summed E-state index contributed by atoms with van der Waals surface area (Å²) in [6.07, 6.45) is 3.29. The first-order chi connectivity index (χ1) is 10.6. The zero-order valence-electron chi connectivity index (χ0n) is 13.2. The Bertz CT molecular complexity index is 690. The van der Waals surface area contributed by atoms with Gasteiger partial charge < -0.3 is 10.1 Å². The molecule has 3 nitrogen and oxygen atoms in total. The molecule has 0 saturated carbocycles. The van der Waals surface area contributed by atoms with Gasteiger partial charge >= 0.3 is 0 Å². The Morgan fingerprint density at radius 2 is 1.91 bits per heavy atom. The van der Waals surface area contributed by atoms with Crippen molar-refractivity contribution in [3.05, 3.63) is 65.2 Å². The van der Waals surface area contributed by atoms with Crippen molar-refractivity contribution in [2.24, 2.45) is 0 Å². The Hall–Kier alpha value is -2.55. The van der Waals surface area contributed by atoms with E-state index in [-0.39, 0.29) is 5.91 Å². The standard InChI is InChI=1S/C19H21NO2/c1-4-22-18-8-6-5-7-16(18)10-12-19(21)20-17-11-9-14(2)15(3)13-17/h5-13H,4H2,1-3H3,(H,20,21)/b12-10+. The predicted octanol–water partition coefficient (Wildman–Crippen LogP) is 4.35. The van der Waals surface area contributed by atoms with E-state index in [2.05, 4.69) is 5.32 Å². The third-order valence-corrected chi connectivity index (χ3v) is 3.41. The van der Waals surface area contributed by atoms with Gasteiger partial charge in [-0.15, -0.1) is 0 Å². The highest BCUT2D eigenvalue weighted by molar-refractivity contribution is 6.02. The van der Waals surface area contributed by atoms with E-state index in [1.54, 1.807) is 6.08 Å².